The van der Waals surface area contributed by atoms with Crippen molar-refractivity contribution in [2.24, 2.45) is 0 Å². The van der Waals surface area contributed by atoms with Crippen LogP contribution in [0, 0.1) is 0 Å². The number of hydrogen-bond donors (Lipinski definition) is 1. The maximum absolute atomic E-state index is 12.6. The zero-order valence-corrected chi connectivity index (χ0v) is 14.8. The fourth-order valence-corrected chi connectivity index (χ4v) is 3.74. The molecule has 0 unspecified atom stereocenters. The first-order valence-corrected chi connectivity index (χ1v) is 9.84. The molecule has 1 aliphatic carbocycles. The largest absolute Gasteiger partial charge is 0.478 e. The Kier molecular flexibility index (Phi) is 6.56. The lowest BCUT2D eigenvalue weighted by Crippen LogP contribution is -2.35. The predicted octanol–water partition coefficient (Wildman–Crippen LogP) is 4.07. The molecule has 2 heterocycles. The van der Waals surface area contributed by atoms with Gasteiger partial charge in [0.05, 0.1) is 6.61 Å². The van der Waals surface area contributed by atoms with Crippen LogP contribution in [-0.4, -0.2) is 28.3 Å². The van der Waals surface area contributed by atoms with Gasteiger partial charge in [-0.2, -0.15) is 5.10 Å². The van der Waals surface area contributed by atoms with Gasteiger partial charge in [-0.05, 0) is 12.8 Å². The Morgan fingerprint density at radius 1 is 1.00 bits per heavy atom. The van der Waals surface area contributed by atoms with Crippen molar-refractivity contribution in [3.05, 3.63) is 11.8 Å². The highest BCUT2D eigenvalue weighted by Crippen LogP contribution is 2.20. The van der Waals surface area contributed by atoms with Gasteiger partial charge in [0, 0.05) is 25.1 Å². The van der Waals surface area contributed by atoms with Gasteiger partial charge in [-0.1, -0.05) is 57.8 Å². The summed E-state index contributed by atoms with van der Waals surface area (Å²) in [6.45, 7) is 1.56. The molecule has 1 N–H and O–H groups in total. The highest BCUT2D eigenvalue weighted by molar-refractivity contribution is 5.92. The van der Waals surface area contributed by atoms with Gasteiger partial charge in [0.2, 0.25) is 5.88 Å². The molecule has 1 aliphatic heterocycles. The van der Waals surface area contributed by atoms with E-state index in [-0.39, 0.29) is 11.9 Å². The average molecular weight is 333 g/mol. The van der Waals surface area contributed by atoms with Crippen molar-refractivity contribution in [3.8, 4) is 5.88 Å². The molecule has 134 valence electrons. The number of rotatable bonds is 2. The molecule has 3 rings (SSSR count). The maximum atomic E-state index is 12.6. The minimum absolute atomic E-state index is 0.0439. The summed E-state index contributed by atoms with van der Waals surface area (Å²) in [5.41, 5.74) is 0.498. The fourth-order valence-electron chi connectivity index (χ4n) is 3.74. The molecule has 0 saturated heterocycles. The van der Waals surface area contributed by atoms with Gasteiger partial charge in [0.15, 0.2) is 5.69 Å². The van der Waals surface area contributed by atoms with Crippen LogP contribution in [0.3, 0.4) is 0 Å². The van der Waals surface area contributed by atoms with E-state index in [0.717, 1.165) is 38.3 Å². The van der Waals surface area contributed by atoms with Crippen LogP contribution in [0.15, 0.2) is 6.07 Å². The highest BCUT2D eigenvalue weighted by atomic mass is 16.5. The van der Waals surface area contributed by atoms with E-state index in [1.165, 1.54) is 57.8 Å². The molecule has 1 aromatic heterocycles. The van der Waals surface area contributed by atoms with Crippen LogP contribution >= 0.6 is 0 Å². The van der Waals surface area contributed by atoms with Crippen LogP contribution in [-0.2, 0) is 6.54 Å². The van der Waals surface area contributed by atoms with Crippen LogP contribution in [0.4, 0.5) is 0 Å². The maximum Gasteiger partial charge on any atom is 0.272 e. The summed E-state index contributed by atoms with van der Waals surface area (Å²) in [7, 11) is 0. The average Bonchev–Trinajstić information content (AvgIpc) is 3.01. The Balaban J connectivity index is 1.54. The van der Waals surface area contributed by atoms with E-state index in [1.54, 1.807) is 10.7 Å². The van der Waals surface area contributed by atoms with E-state index in [2.05, 4.69) is 10.4 Å². The minimum Gasteiger partial charge on any atom is -0.478 e. The van der Waals surface area contributed by atoms with Crippen molar-refractivity contribution in [2.45, 2.75) is 89.6 Å². The van der Waals surface area contributed by atoms with Crippen molar-refractivity contribution in [1.29, 1.82) is 0 Å². The van der Waals surface area contributed by atoms with Crippen LogP contribution < -0.4 is 10.1 Å². The number of nitrogens with one attached hydrogen (secondary N) is 1. The molecule has 5 nitrogen and oxygen atoms in total. The van der Waals surface area contributed by atoms with Crippen molar-refractivity contribution < 1.29 is 9.53 Å². The van der Waals surface area contributed by atoms with Gasteiger partial charge in [0.1, 0.15) is 0 Å². The fraction of sp³-hybridized carbons (Fsp3) is 0.789. The number of hydrogen-bond acceptors (Lipinski definition) is 3. The first kappa shape index (κ1) is 17.3. The van der Waals surface area contributed by atoms with E-state index in [0.29, 0.717) is 5.69 Å². The Morgan fingerprint density at radius 2 is 1.62 bits per heavy atom. The third-order valence-electron chi connectivity index (χ3n) is 5.18. The molecular weight excluding hydrogens is 302 g/mol. The second kappa shape index (κ2) is 9.09. The van der Waals surface area contributed by atoms with Gasteiger partial charge in [-0.3, -0.25) is 4.79 Å². The van der Waals surface area contributed by atoms with Crippen LogP contribution in [0.1, 0.15) is 87.5 Å². The van der Waals surface area contributed by atoms with E-state index in [4.69, 9.17) is 4.74 Å². The van der Waals surface area contributed by atoms with Crippen LogP contribution in [0.2, 0.25) is 0 Å². The van der Waals surface area contributed by atoms with E-state index in [9.17, 15) is 4.79 Å². The molecule has 2 aliphatic rings. The third kappa shape index (κ3) is 4.99. The molecule has 0 bridgehead atoms. The van der Waals surface area contributed by atoms with E-state index >= 15 is 0 Å². The Morgan fingerprint density at radius 3 is 2.25 bits per heavy atom. The molecule has 1 aromatic rings. The molecule has 0 atom stereocenters. The third-order valence-corrected chi connectivity index (χ3v) is 5.18. The number of carbonyl (C=O) groups is 1. The molecule has 1 amide bonds. The lowest BCUT2D eigenvalue weighted by atomic mass is 9.98. The van der Waals surface area contributed by atoms with Crippen LogP contribution in [0.5, 0.6) is 5.88 Å². The van der Waals surface area contributed by atoms with E-state index < -0.39 is 0 Å². The first-order chi connectivity index (χ1) is 11.8. The van der Waals surface area contributed by atoms with Gasteiger partial charge in [-0.15, -0.1) is 0 Å². The minimum atomic E-state index is -0.0439. The SMILES string of the molecule is O=C(NC1CCCCCCCCCCC1)c1cc2n(n1)CCCO2. The second-order valence-corrected chi connectivity index (χ2v) is 7.22. The normalized spacial score (nSPS) is 21.0. The number of fused-ring (bicyclic) bond motifs is 1. The number of aromatic nitrogens is 2. The Hall–Kier alpha value is -1.52. The van der Waals surface area contributed by atoms with Crippen molar-refractivity contribution in [1.82, 2.24) is 15.1 Å². The summed E-state index contributed by atoms with van der Waals surface area (Å²) in [6, 6.07) is 2.07. The smallest absolute Gasteiger partial charge is 0.272 e. The zero-order valence-electron chi connectivity index (χ0n) is 14.8. The lowest BCUT2D eigenvalue weighted by molar-refractivity contribution is 0.0925. The van der Waals surface area contributed by atoms with Crippen molar-refractivity contribution in [2.75, 3.05) is 6.61 Å². The van der Waals surface area contributed by atoms with Crippen molar-refractivity contribution in [3.63, 3.8) is 0 Å². The summed E-state index contributed by atoms with van der Waals surface area (Å²) < 4.78 is 7.36. The molecule has 1 saturated carbocycles. The molecule has 5 heteroatoms. The number of ether oxygens (including phenoxy) is 1. The molecule has 24 heavy (non-hydrogen) atoms. The highest BCUT2D eigenvalue weighted by Gasteiger charge is 2.20. The van der Waals surface area contributed by atoms with Gasteiger partial charge >= 0.3 is 0 Å². The van der Waals surface area contributed by atoms with Crippen LogP contribution in [0.25, 0.3) is 0 Å². The van der Waals surface area contributed by atoms with Gasteiger partial charge < -0.3 is 10.1 Å². The summed E-state index contributed by atoms with van der Waals surface area (Å²) in [4.78, 5) is 12.6. The number of amides is 1. The quantitative estimate of drug-likeness (QED) is 0.887. The van der Waals surface area contributed by atoms with E-state index in [1.807, 2.05) is 0 Å². The van der Waals surface area contributed by atoms with Crippen molar-refractivity contribution >= 4 is 5.91 Å². The summed E-state index contributed by atoms with van der Waals surface area (Å²) in [5.74, 6) is 0.683. The monoisotopic (exact) mass is 333 g/mol. The molecule has 0 radical (unpaired) electrons. The summed E-state index contributed by atoms with van der Waals surface area (Å²) in [5, 5.41) is 7.62. The molecule has 0 spiro atoms. The molecule has 0 aromatic carbocycles. The zero-order chi connectivity index (χ0) is 16.6. The standard InChI is InChI=1S/C19H31N3O2/c23-19(17-15-18-22(21-17)13-10-14-24-18)20-16-11-8-6-4-2-1-3-5-7-9-12-16/h15-16H,1-14H2,(H,20,23). The van der Waals surface area contributed by atoms with Gasteiger partial charge in [-0.25, -0.2) is 4.68 Å². The first-order valence-electron chi connectivity index (χ1n) is 9.84. The number of nitrogens with zero attached hydrogens (tertiary/aromatic N) is 2. The summed E-state index contributed by atoms with van der Waals surface area (Å²) >= 11 is 0. The predicted molar refractivity (Wildman–Crippen MR) is 94.4 cm³/mol. The number of aryl methyl sites for hydroxylation is 1. The Bertz CT molecular complexity index is 491. The number of carbonyl (C=O) groups excluding carboxylic acids is 1. The molecule has 1 fully saturated rings. The Labute approximate surface area is 145 Å². The second-order valence-electron chi connectivity index (χ2n) is 7.22. The van der Waals surface area contributed by atoms with Gasteiger partial charge in [0.25, 0.3) is 5.91 Å². The topological polar surface area (TPSA) is 56.2 Å². The summed E-state index contributed by atoms with van der Waals surface area (Å²) in [6.07, 6.45) is 15.0. The lowest BCUT2D eigenvalue weighted by Gasteiger charge is -2.19. The molecular formula is C19H31N3O2.